The lowest BCUT2D eigenvalue weighted by atomic mass is 9.80. The SMILES string of the molecule is CC.CC.CC(=S)/C=C1/SCCC1C(C)=S.CN(C(=S)C1CCS/C1=C/C=S)C(C)(CCCCSCCCCC(C)(C)CC1=CC=CCCC1)c1ccccc1. The molecule has 2 fully saturated rings. The highest BCUT2D eigenvalue weighted by molar-refractivity contribution is 8.03. The van der Waals surface area contributed by atoms with E-state index in [0.29, 0.717) is 17.3 Å². The molecule has 0 N–H and O–H groups in total. The van der Waals surface area contributed by atoms with Crippen molar-refractivity contribution in [3.63, 3.8) is 0 Å². The average molecular weight is 891 g/mol. The van der Waals surface area contributed by atoms with Crippen LogP contribution in [-0.2, 0) is 5.54 Å². The molecule has 314 valence electrons. The maximum Gasteiger partial charge on any atom is 0.0865 e. The fraction of sp³-hybridized carbons (Fsp3) is 0.625. The maximum absolute atomic E-state index is 6.13. The van der Waals surface area contributed by atoms with E-state index in [2.05, 4.69) is 105 Å². The van der Waals surface area contributed by atoms with Gasteiger partial charge in [-0.25, -0.2) is 0 Å². The minimum absolute atomic E-state index is 0.104. The van der Waals surface area contributed by atoms with Crippen LogP contribution >= 0.6 is 84.2 Å². The number of thioether (sulfide) groups is 3. The first-order valence-corrected chi connectivity index (χ1v) is 26.1. The lowest BCUT2D eigenvalue weighted by Gasteiger charge is -2.43. The second-order valence-corrected chi connectivity index (χ2v) is 20.9. The summed E-state index contributed by atoms with van der Waals surface area (Å²) in [6, 6.07) is 11.0. The molecule has 3 unspecified atom stereocenters. The number of hydrogen-bond acceptors (Lipinski definition) is 7. The van der Waals surface area contributed by atoms with E-state index >= 15 is 0 Å². The van der Waals surface area contributed by atoms with Gasteiger partial charge in [-0.1, -0.05) is 151 Å². The number of allylic oxidation sites excluding steroid dienone is 7. The summed E-state index contributed by atoms with van der Waals surface area (Å²) in [5.41, 5.74) is 3.32. The van der Waals surface area contributed by atoms with Crippen LogP contribution in [0.15, 0.2) is 76.1 Å². The van der Waals surface area contributed by atoms with E-state index in [4.69, 9.17) is 48.9 Å². The van der Waals surface area contributed by atoms with Gasteiger partial charge in [0, 0.05) is 29.1 Å². The van der Waals surface area contributed by atoms with Crippen molar-refractivity contribution in [1.29, 1.82) is 0 Å². The Balaban J connectivity index is 0.000000822. The molecule has 0 saturated carbocycles. The summed E-state index contributed by atoms with van der Waals surface area (Å²) in [4.78, 5) is 8.23. The molecule has 4 rings (SSSR count). The molecule has 0 amide bonds. The van der Waals surface area contributed by atoms with Gasteiger partial charge in [-0.05, 0) is 152 Å². The highest BCUT2D eigenvalue weighted by Gasteiger charge is 2.37. The smallest absolute Gasteiger partial charge is 0.0865 e. The quantitative estimate of drug-likeness (QED) is 0.0804. The molecular weight excluding hydrogens is 815 g/mol. The molecule has 3 aliphatic rings. The fourth-order valence-corrected chi connectivity index (χ4v) is 12.2. The lowest BCUT2D eigenvalue weighted by Crippen LogP contribution is -2.46. The number of hydrogen-bond donors (Lipinski definition) is 0. The number of nitrogens with zero attached hydrogens (tertiary/aromatic N) is 1. The zero-order chi connectivity index (χ0) is 42.0. The Morgan fingerprint density at radius 3 is 2.07 bits per heavy atom. The summed E-state index contributed by atoms with van der Waals surface area (Å²) in [6.45, 7) is 19.3. The molecule has 0 aromatic heterocycles. The van der Waals surface area contributed by atoms with Gasteiger partial charge in [0.05, 0.1) is 10.5 Å². The van der Waals surface area contributed by atoms with Crippen LogP contribution in [0.1, 0.15) is 145 Å². The summed E-state index contributed by atoms with van der Waals surface area (Å²) in [6.07, 6.45) is 26.1. The highest BCUT2D eigenvalue weighted by Crippen LogP contribution is 2.42. The van der Waals surface area contributed by atoms with Crippen molar-refractivity contribution in [2.45, 2.75) is 145 Å². The van der Waals surface area contributed by atoms with Gasteiger partial charge in [0.2, 0.25) is 0 Å². The Hall–Kier alpha value is -0.610. The predicted molar refractivity (Wildman–Crippen MR) is 279 cm³/mol. The Morgan fingerprint density at radius 1 is 0.857 bits per heavy atom. The monoisotopic (exact) mass is 889 g/mol. The zero-order valence-corrected chi connectivity index (χ0v) is 42.3. The predicted octanol–water partition coefficient (Wildman–Crippen LogP) is 16.4. The number of benzene rings is 1. The van der Waals surface area contributed by atoms with Gasteiger partial charge in [-0.2, -0.15) is 11.8 Å². The lowest BCUT2D eigenvalue weighted by molar-refractivity contribution is 0.206. The van der Waals surface area contributed by atoms with Gasteiger partial charge in [0.15, 0.2) is 0 Å². The third-order valence-electron chi connectivity index (χ3n) is 10.5. The summed E-state index contributed by atoms with van der Waals surface area (Å²) >= 11 is 27.4. The molecule has 1 nitrogen and oxygen atoms in total. The fourth-order valence-electron chi connectivity index (χ4n) is 7.34. The Kier molecular flexibility index (Phi) is 29.0. The Labute approximate surface area is 380 Å². The van der Waals surface area contributed by atoms with E-state index in [0.717, 1.165) is 33.3 Å². The van der Waals surface area contributed by atoms with Crippen LogP contribution in [0.3, 0.4) is 0 Å². The van der Waals surface area contributed by atoms with Crippen LogP contribution in [0.25, 0.3) is 0 Å². The van der Waals surface area contributed by atoms with Crippen LogP contribution < -0.4 is 0 Å². The molecule has 1 aliphatic carbocycles. The van der Waals surface area contributed by atoms with Gasteiger partial charge >= 0.3 is 0 Å². The molecular formula is C48H75NS7. The summed E-state index contributed by atoms with van der Waals surface area (Å²) in [5, 5.41) is 1.74. The minimum Gasteiger partial charge on any atom is -0.359 e. The van der Waals surface area contributed by atoms with Crippen molar-refractivity contribution in [1.82, 2.24) is 4.90 Å². The molecule has 8 heteroatoms. The molecule has 1 aromatic rings. The largest absolute Gasteiger partial charge is 0.359 e. The van der Waals surface area contributed by atoms with Gasteiger partial charge in [-0.3, -0.25) is 0 Å². The summed E-state index contributed by atoms with van der Waals surface area (Å²) in [5.74, 6) is 5.67. The molecule has 1 aromatic carbocycles. The summed E-state index contributed by atoms with van der Waals surface area (Å²) in [7, 11) is 2.21. The van der Waals surface area contributed by atoms with Crippen LogP contribution in [0.2, 0.25) is 0 Å². The molecule has 3 atom stereocenters. The third-order valence-corrected chi connectivity index (χ3v) is 15.1. The van der Waals surface area contributed by atoms with Crippen molar-refractivity contribution in [2.75, 3.05) is 30.1 Å². The first kappa shape index (κ1) is 53.4. The van der Waals surface area contributed by atoms with Crippen molar-refractivity contribution in [2.24, 2.45) is 17.3 Å². The first-order chi connectivity index (χ1) is 26.9. The summed E-state index contributed by atoms with van der Waals surface area (Å²) < 4.78 is 0. The molecule has 2 heterocycles. The van der Waals surface area contributed by atoms with E-state index in [1.165, 1.54) is 96.8 Å². The molecule has 0 radical (unpaired) electrons. The van der Waals surface area contributed by atoms with Crippen LogP contribution in [0.5, 0.6) is 0 Å². The number of unbranched alkanes of at least 4 members (excludes halogenated alkanes) is 2. The van der Waals surface area contributed by atoms with E-state index in [-0.39, 0.29) is 5.54 Å². The van der Waals surface area contributed by atoms with Crippen molar-refractivity contribution in [3.8, 4) is 0 Å². The number of thiocarbonyl (C=S) groups is 4. The van der Waals surface area contributed by atoms with Crippen LogP contribution in [-0.4, -0.2) is 55.0 Å². The van der Waals surface area contributed by atoms with Crippen molar-refractivity contribution in [3.05, 3.63) is 81.7 Å². The third kappa shape index (κ3) is 19.6. The Bertz CT molecular complexity index is 1440. The molecule has 2 aliphatic heterocycles. The first-order valence-electron chi connectivity index (χ1n) is 21.3. The number of rotatable bonds is 18. The van der Waals surface area contributed by atoms with E-state index in [9.17, 15) is 0 Å². The topological polar surface area (TPSA) is 3.24 Å². The Morgan fingerprint density at radius 2 is 1.46 bits per heavy atom. The second-order valence-electron chi connectivity index (χ2n) is 15.4. The van der Waals surface area contributed by atoms with E-state index < -0.39 is 0 Å². The zero-order valence-electron chi connectivity index (χ0n) is 36.6. The molecule has 0 bridgehead atoms. The van der Waals surface area contributed by atoms with Crippen LogP contribution in [0.4, 0.5) is 0 Å². The van der Waals surface area contributed by atoms with Crippen molar-refractivity contribution >= 4 is 104 Å². The molecule has 2 saturated heterocycles. The van der Waals surface area contributed by atoms with Gasteiger partial charge in [0.25, 0.3) is 0 Å². The second kappa shape index (κ2) is 30.4. The minimum atomic E-state index is -0.104. The molecule has 0 spiro atoms. The highest BCUT2D eigenvalue weighted by atomic mass is 32.2. The van der Waals surface area contributed by atoms with E-state index in [1.54, 1.807) is 10.9 Å². The standard InChI is InChI=1S/C35H51NS4.C9H12S3.2C2H6/c1-34(2,28-29-16-8-5-6-9-17-29)22-12-14-25-39-26-15-13-23-35(3,30-18-10-7-11-19-30)36(4)33(38)31-21-27-40-32(31)20-24-37;1-6(10)5-9-8(7(2)11)3-4-12-9;2*1-2/h5,7-8,10-11,16,18-20,24,31H,6,9,12-15,17,21-23,25-28H2,1-4H3;5,8H,3-4H2,1-2H3;2*1-2H3/b32-20+;9-5+;;. The normalized spacial score (nSPS) is 20.2. The van der Waals surface area contributed by atoms with Gasteiger partial charge in [-0.15, -0.1) is 23.5 Å². The average Bonchev–Trinajstić information content (AvgIpc) is 3.79. The van der Waals surface area contributed by atoms with Gasteiger partial charge < -0.3 is 4.90 Å². The van der Waals surface area contributed by atoms with Crippen LogP contribution in [0, 0.1) is 17.3 Å². The van der Waals surface area contributed by atoms with Gasteiger partial charge in [0.1, 0.15) is 0 Å². The maximum atomic E-state index is 6.13. The molecule has 56 heavy (non-hydrogen) atoms. The van der Waals surface area contributed by atoms with E-state index in [1.807, 2.05) is 65.1 Å². The van der Waals surface area contributed by atoms with Crippen molar-refractivity contribution < 1.29 is 0 Å².